The molecule has 0 spiro atoms. The monoisotopic (exact) mass is 468 g/mol. The van der Waals surface area contributed by atoms with E-state index in [1.165, 1.54) is 24.5 Å². The normalized spacial score (nSPS) is 11.8. The van der Waals surface area contributed by atoms with Crippen LogP contribution in [0.5, 0.6) is 0 Å². The Balaban J connectivity index is 1.85. The van der Waals surface area contributed by atoms with Gasteiger partial charge in [-0.2, -0.15) is 0 Å². The number of hydrogen-bond acceptors (Lipinski definition) is 7. The summed E-state index contributed by atoms with van der Waals surface area (Å²) in [5.41, 5.74) is -0.286. The van der Waals surface area contributed by atoms with Gasteiger partial charge in [-0.15, -0.1) is 0 Å². The standard InChI is InChI=1S/C19H17FN2O7S2/c1-28-19(23)13-7-8-17(20)18(10-13)31(26,27)22-14-4-2-6-16(11-14)30(24,25)21-12-15-5-3-9-29-15/h2-11,21-22H,12H2,1H3. The molecule has 0 atom stereocenters. The first kappa shape index (κ1) is 22.5. The van der Waals surface area contributed by atoms with Gasteiger partial charge in [0.25, 0.3) is 10.0 Å². The van der Waals surface area contributed by atoms with Crippen LogP contribution in [-0.4, -0.2) is 29.9 Å². The van der Waals surface area contributed by atoms with E-state index in [9.17, 15) is 26.0 Å². The molecule has 0 fully saturated rings. The number of nitrogens with one attached hydrogen (secondary N) is 2. The maximum atomic E-state index is 14.2. The van der Waals surface area contributed by atoms with Crippen LogP contribution in [-0.2, 0) is 31.3 Å². The highest BCUT2D eigenvalue weighted by Crippen LogP contribution is 2.23. The fraction of sp³-hybridized carbons (Fsp3) is 0.105. The average Bonchev–Trinajstić information content (AvgIpc) is 3.25. The Hall–Kier alpha value is -3.22. The number of carbonyl (C=O) groups is 1. The Morgan fingerprint density at radius 2 is 1.81 bits per heavy atom. The SMILES string of the molecule is COC(=O)c1ccc(F)c(S(=O)(=O)Nc2cccc(S(=O)(=O)NCc3ccco3)c2)c1. The summed E-state index contributed by atoms with van der Waals surface area (Å²) in [6.07, 6.45) is 1.40. The molecule has 0 aliphatic rings. The van der Waals surface area contributed by atoms with E-state index in [0.717, 1.165) is 31.4 Å². The largest absolute Gasteiger partial charge is 0.468 e. The lowest BCUT2D eigenvalue weighted by Crippen LogP contribution is -2.23. The smallest absolute Gasteiger partial charge is 0.337 e. The van der Waals surface area contributed by atoms with Gasteiger partial charge in [-0.25, -0.2) is 30.7 Å². The average molecular weight is 468 g/mol. The van der Waals surface area contributed by atoms with Crippen LogP contribution >= 0.6 is 0 Å². The van der Waals surface area contributed by atoms with Crippen molar-refractivity contribution in [2.75, 3.05) is 11.8 Å². The summed E-state index contributed by atoms with van der Waals surface area (Å²) in [6.45, 7) is -0.100. The molecule has 1 heterocycles. The molecule has 0 aliphatic heterocycles. The highest BCUT2D eigenvalue weighted by atomic mass is 32.2. The number of hydrogen-bond donors (Lipinski definition) is 2. The van der Waals surface area contributed by atoms with Gasteiger partial charge in [0, 0.05) is 0 Å². The summed E-state index contributed by atoms with van der Waals surface area (Å²) in [7, 11) is -7.37. The van der Waals surface area contributed by atoms with Crippen molar-refractivity contribution >= 4 is 31.7 Å². The molecule has 12 heteroatoms. The Labute approximate surface area is 177 Å². The molecule has 2 aromatic carbocycles. The van der Waals surface area contributed by atoms with Crippen LogP contribution in [0.3, 0.4) is 0 Å². The van der Waals surface area contributed by atoms with Crippen molar-refractivity contribution in [1.29, 1.82) is 0 Å². The number of anilines is 1. The van der Waals surface area contributed by atoms with Crippen molar-refractivity contribution in [3.05, 3.63) is 78.0 Å². The van der Waals surface area contributed by atoms with Gasteiger partial charge in [0.15, 0.2) is 0 Å². The van der Waals surface area contributed by atoms with Crippen molar-refractivity contribution in [2.45, 2.75) is 16.3 Å². The fourth-order valence-corrected chi connectivity index (χ4v) is 4.75. The molecule has 0 aliphatic carbocycles. The van der Waals surface area contributed by atoms with Gasteiger partial charge in [0.1, 0.15) is 16.5 Å². The number of sulfonamides is 2. The predicted octanol–water partition coefficient (Wildman–Crippen LogP) is 2.48. The van der Waals surface area contributed by atoms with Crippen molar-refractivity contribution in [1.82, 2.24) is 4.72 Å². The fourth-order valence-electron chi connectivity index (χ4n) is 2.55. The van der Waals surface area contributed by atoms with E-state index in [-0.39, 0.29) is 22.7 Å². The molecule has 0 saturated carbocycles. The second-order valence-electron chi connectivity index (χ2n) is 6.17. The van der Waals surface area contributed by atoms with Gasteiger partial charge in [-0.05, 0) is 48.5 Å². The van der Waals surface area contributed by atoms with E-state index in [0.29, 0.717) is 5.76 Å². The van der Waals surface area contributed by atoms with Crippen LogP contribution in [0.2, 0.25) is 0 Å². The van der Waals surface area contributed by atoms with E-state index < -0.39 is 36.7 Å². The highest BCUT2D eigenvalue weighted by molar-refractivity contribution is 7.92. The molecular formula is C19H17FN2O7S2. The predicted molar refractivity (Wildman–Crippen MR) is 108 cm³/mol. The molecule has 0 amide bonds. The Kier molecular flexibility index (Phi) is 6.43. The van der Waals surface area contributed by atoms with E-state index >= 15 is 0 Å². The van der Waals surface area contributed by atoms with E-state index in [4.69, 9.17) is 4.42 Å². The summed E-state index contributed by atoms with van der Waals surface area (Å²) < 4.78 is 78.4. The molecular weight excluding hydrogens is 451 g/mol. The molecule has 0 bridgehead atoms. The van der Waals surface area contributed by atoms with Crippen LogP contribution < -0.4 is 9.44 Å². The third-order valence-corrected chi connectivity index (χ3v) is 6.85. The summed E-state index contributed by atoms with van der Waals surface area (Å²) in [4.78, 5) is 10.6. The summed E-state index contributed by atoms with van der Waals surface area (Å²) >= 11 is 0. The molecule has 0 radical (unpaired) electrons. The number of esters is 1. The number of carbonyl (C=O) groups excluding carboxylic acids is 1. The number of methoxy groups -OCH3 is 1. The molecule has 3 rings (SSSR count). The van der Waals surface area contributed by atoms with Gasteiger partial charge in [0.2, 0.25) is 10.0 Å². The number of halogens is 1. The third kappa shape index (κ3) is 5.29. The van der Waals surface area contributed by atoms with Gasteiger partial charge in [-0.1, -0.05) is 6.07 Å². The first-order valence-corrected chi connectivity index (χ1v) is 11.6. The van der Waals surface area contributed by atoms with Gasteiger partial charge in [-0.3, -0.25) is 4.72 Å². The first-order valence-electron chi connectivity index (χ1n) is 8.65. The number of benzene rings is 2. The second-order valence-corrected chi connectivity index (χ2v) is 9.59. The molecule has 9 nitrogen and oxygen atoms in total. The van der Waals surface area contributed by atoms with Crippen molar-refractivity contribution in [2.24, 2.45) is 0 Å². The lowest BCUT2D eigenvalue weighted by atomic mass is 10.2. The summed E-state index contributed by atoms with van der Waals surface area (Å²) in [5, 5.41) is 0. The molecule has 1 aromatic heterocycles. The zero-order valence-electron chi connectivity index (χ0n) is 16.0. The molecule has 164 valence electrons. The Morgan fingerprint density at radius 3 is 2.48 bits per heavy atom. The Morgan fingerprint density at radius 1 is 1.03 bits per heavy atom. The van der Waals surface area contributed by atoms with E-state index in [2.05, 4.69) is 14.2 Å². The molecule has 0 unspecified atom stereocenters. The third-order valence-electron chi connectivity index (χ3n) is 4.05. The second kappa shape index (κ2) is 8.88. The van der Waals surface area contributed by atoms with Gasteiger partial charge < -0.3 is 9.15 Å². The topological polar surface area (TPSA) is 132 Å². The minimum absolute atomic E-state index is 0.100. The lowest BCUT2D eigenvalue weighted by molar-refractivity contribution is 0.0600. The maximum absolute atomic E-state index is 14.2. The van der Waals surface area contributed by atoms with E-state index in [1.807, 2.05) is 0 Å². The van der Waals surface area contributed by atoms with Crippen molar-refractivity contribution in [3.63, 3.8) is 0 Å². The first-order chi connectivity index (χ1) is 14.6. The van der Waals surface area contributed by atoms with Crippen LogP contribution in [0.1, 0.15) is 16.1 Å². The summed E-state index contributed by atoms with van der Waals surface area (Å²) in [6, 6.07) is 10.9. The van der Waals surface area contributed by atoms with Gasteiger partial charge in [0.05, 0.1) is 36.1 Å². The molecule has 0 saturated heterocycles. The zero-order valence-corrected chi connectivity index (χ0v) is 17.7. The van der Waals surface area contributed by atoms with Gasteiger partial charge >= 0.3 is 5.97 Å². The maximum Gasteiger partial charge on any atom is 0.337 e. The number of rotatable bonds is 8. The lowest BCUT2D eigenvalue weighted by Gasteiger charge is -2.12. The van der Waals surface area contributed by atoms with Crippen LogP contribution in [0, 0.1) is 5.82 Å². The molecule has 2 N–H and O–H groups in total. The minimum atomic E-state index is -4.48. The van der Waals surface area contributed by atoms with Crippen molar-refractivity contribution < 1.29 is 35.2 Å². The van der Waals surface area contributed by atoms with E-state index in [1.54, 1.807) is 12.1 Å². The molecule has 3 aromatic rings. The van der Waals surface area contributed by atoms with Crippen molar-refractivity contribution in [3.8, 4) is 0 Å². The highest BCUT2D eigenvalue weighted by Gasteiger charge is 2.23. The minimum Gasteiger partial charge on any atom is -0.468 e. The van der Waals surface area contributed by atoms with Crippen LogP contribution in [0.25, 0.3) is 0 Å². The Bertz CT molecular complexity index is 1300. The number of ether oxygens (including phenoxy) is 1. The van der Waals surface area contributed by atoms with Crippen LogP contribution in [0.4, 0.5) is 10.1 Å². The zero-order chi connectivity index (χ0) is 22.6. The molecule has 31 heavy (non-hydrogen) atoms. The van der Waals surface area contributed by atoms with Crippen LogP contribution in [0.15, 0.2) is 75.1 Å². The quantitative estimate of drug-likeness (QED) is 0.486. The summed E-state index contributed by atoms with van der Waals surface area (Å²) in [5.74, 6) is -1.54. The number of furan rings is 1.